The molecular formula is C16H16O. The van der Waals surface area contributed by atoms with Crippen LogP contribution in [0.5, 0.6) is 0 Å². The number of hydrogen-bond acceptors (Lipinski definition) is 1. The molecule has 0 spiro atoms. The molecule has 1 unspecified atom stereocenters. The summed E-state index contributed by atoms with van der Waals surface area (Å²) in [4.78, 5) is 0. The molecule has 0 radical (unpaired) electrons. The summed E-state index contributed by atoms with van der Waals surface area (Å²) >= 11 is 0. The van der Waals surface area contributed by atoms with Crippen LogP contribution in [0.15, 0.2) is 42.5 Å². The van der Waals surface area contributed by atoms with Crippen molar-refractivity contribution in [2.45, 2.75) is 19.4 Å². The van der Waals surface area contributed by atoms with Crippen molar-refractivity contribution in [3.8, 4) is 0 Å². The molecule has 1 heteroatoms. The summed E-state index contributed by atoms with van der Waals surface area (Å²) in [5, 5.41) is 13.2. The highest BCUT2D eigenvalue weighted by Crippen LogP contribution is 2.41. The maximum Gasteiger partial charge on any atom is 0.111 e. The van der Waals surface area contributed by atoms with Crippen LogP contribution in [0.4, 0.5) is 0 Å². The average Bonchev–Trinajstić information content (AvgIpc) is 2.34. The highest BCUT2D eigenvalue weighted by atomic mass is 16.3. The molecule has 1 atom stereocenters. The maximum atomic E-state index is 10.8. The van der Waals surface area contributed by atoms with Gasteiger partial charge >= 0.3 is 0 Å². The zero-order valence-corrected chi connectivity index (χ0v) is 10.1. The maximum absolute atomic E-state index is 10.8. The van der Waals surface area contributed by atoms with Gasteiger partial charge in [-0.15, -0.1) is 0 Å². The molecule has 2 aromatic carbocycles. The first-order valence-electron chi connectivity index (χ1n) is 6.07. The lowest BCUT2D eigenvalue weighted by Gasteiger charge is -2.33. The van der Waals surface area contributed by atoms with Crippen LogP contribution in [0.2, 0.25) is 0 Å². The fraction of sp³-hybridized carbons (Fsp3) is 0.250. The van der Waals surface area contributed by atoms with Crippen molar-refractivity contribution in [3.63, 3.8) is 0 Å². The van der Waals surface area contributed by atoms with Crippen molar-refractivity contribution in [3.05, 3.63) is 53.6 Å². The Morgan fingerprint density at radius 1 is 1.06 bits per heavy atom. The van der Waals surface area contributed by atoms with Gasteiger partial charge in [-0.1, -0.05) is 56.3 Å². The first-order chi connectivity index (χ1) is 8.13. The molecule has 0 saturated heterocycles. The van der Waals surface area contributed by atoms with Crippen molar-refractivity contribution in [2.24, 2.45) is 5.92 Å². The Bertz CT molecular complexity index is 605. The van der Waals surface area contributed by atoms with E-state index in [1.807, 2.05) is 24.3 Å². The van der Waals surface area contributed by atoms with E-state index in [4.69, 9.17) is 0 Å². The van der Waals surface area contributed by atoms with Gasteiger partial charge in [-0.25, -0.2) is 0 Å². The SMILES string of the molecule is CC(C)C1(O)C=Cc2cccc3cccc1c23. The minimum Gasteiger partial charge on any atom is -0.381 e. The van der Waals surface area contributed by atoms with Crippen LogP contribution in [-0.4, -0.2) is 5.11 Å². The Hall–Kier alpha value is -1.60. The van der Waals surface area contributed by atoms with Crippen LogP contribution >= 0.6 is 0 Å². The number of rotatable bonds is 1. The highest BCUT2D eigenvalue weighted by molar-refractivity contribution is 5.96. The third-order valence-electron chi connectivity index (χ3n) is 3.77. The second-order valence-corrected chi connectivity index (χ2v) is 5.06. The molecule has 1 aliphatic carbocycles. The minimum absolute atomic E-state index is 0.165. The molecule has 1 aliphatic rings. The van der Waals surface area contributed by atoms with Gasteiger partial charge in [-0.05, 0) is 33.9 Å². The molecule has 1 nitrogen and oxygen atoms in total. The summed E-state index contributed by atoms with van der Waals surface area (Å²) in [5.41, 5.74) is 1.39. The molecule has 0 heterocycles. The van der Waals surface area contributed by atoms with Gasteiger partial charge in [0.1, 0.15) is 5.60 Å². The van der Waals surface area contributed by atoms with Crippen LogP contribution in [0.25, 0.3) is 16.8 Å². The minimum atomic E-state index is -0.839. The van der Waals surface area contributed by atoms with Gasteiger partial charge in [0.15, 0.2) is 0 Å². The van der Waals surface area contributed by atoms with E-state index in [2.05, 4.69) is 38.1 Å². The molecule has 0 fully saturated rings. The van der Waals surface area contributed by atoms with Gasteiger partial charge in [-0.2, -0.15) is 0 Å². The lowest BCUT2D eigenvalue weighted by atomic mass is 9.76. The number of benzene rings is 2. The zero-order valence-electron chi connectivity index (χ0n) is 10.1. The van der Waals surface area contributed by atoms with Crippen LogP contribution in [0.3, 0.4) is 0 Å². The molecular weight excluding hydrogens is 208 g/mol. The van der Waals surface area contributed by atoms with Crippen molar-refractivity contribution in [1.82, 2.24) is 0 Å². The molecule has 0 aliphatic heterocycles. The van der Waals surface area contributed by atoms with E-state index in [-0.39, 0.29) is 5.92 Å². The second-order valence-electron chi connectivity index (χ2n) is 5.06. The molecule has 2 aromatic rings. The van der Waals surface area contributed by atoms with Gasteiger partial charge in [0.05, 0.1) is 0 Å². The Balaban J connectivity index is 2.42. The molecule has 0 bridgehead atoms. The lowest BCUT2D eigenvalue weighted by Crippen LogP contribution is -2.31. The number of hydrogen-bond donors (Lipinski definition) is 1. The Kier molecular flexibility index (Phi) is 2.14. The Morgan fingerprint density at radius 2 is 1.76 bits per heavy atom. The van der Waals surface area contributed by atoms with Crippen molar-refractivity contribution in [2.75, 3.05) is 0 Å². The van der Waals surface area contributed by atoms with E-state index in [9.17, 15) is 5.11 Å². The predicted octanol–water partition coefficient (Wildman–Crippen LogP) is 3.71. The molecule has 0 amide bonds. The van der Waals surface area contributed by atoms with E-state index in [0.717, 1.165) is 5.56 Å². The monoisotopic (exact) mass is 224 g/mol. The largest absolute Gasteiger partial charge is 0.381 e. The van der Waals surface area contributed by atoms with Gasteiger partial charge in [0.2, 0.25) is 0 Å². The molecule has 86 valence electrons. The van der Waals surface area contributed by atoms with Crippen LogP contribution in [-0.2, 0) is 5.60 Å². The fourth-order valence-corrected chi connectivity index (χ4v) is 2.65. The van der Waals surface area contributed by atoms with Gasteiger partial charge in [0, 0.05) is 0 Å². The molecule has 0 saturated carbocycles. The van der Waals surface area contributed by atoms with Crippen LogP contribution < -0.4 is 0 Å². The van der Waals surface area contributed by atoms with E-state index in [1.54, 1.807) is 0 Å². The van der Waals surface area contributed by atoms with Crippen molar-refractivity contribution < 1.29 is 5.11 Å². The first kappa shape index (κ1) is 10.5. The summed E-state index contributed by atoms with van der Waals surface area (Å²) in [6.07, 6.45) is 3.96. The second kappa shape index (κ2) is 3.44. The van der Waals surface area contributed by atoms with E-state index < -0.39 is 5.60 Å². The third kappa shape index (κ3) is 1.36. The van der Waals surface area contributed by atoms with Crippen LogP contribution in [0, 0.1) is 5.92 Å². The molecule has 3 rings (SSSR count). The topological polar surface area (TPSA) is 20.2 Å². The fourth-order valence-electron chi connectivity index (χ4n) is 2.65. The first-order valence-corrected chi connectivity index (χ1v) is 6.07. The molecule has 1 N–H and O–H groups in total. The third-order valence-corrected chi connectivity index (χ3v) is 3.77. The number of aliphatic hydroxyl groups is 1. The summed E-state index contributed by atoms with van der Waals surface area (Å²) in [5.74, 6) is 0.165. The van der Waals surface area contributed by atoms with Gasteiger partial charge in [-0.3, -0.25) is 0 Å². The predicted molar refractivity (Wildman–Crippen MR) is 71.7 cm³/mol. The standard InChI is InChI=1S/C16H16O/c1-11(2)16(17)10-9-13-6-3-5-12-7-4-8-14(16)15(12)13/h3-11,17H,1-2H3. The summed E-state index contributed by atoms with van der Waals surface area (Å²) in [6.45, 7) is 4.11. The van der Waals surface area contributed by atoms with E-state index in [0.29, 0.717) is 0 Å². The zero-order chi connectivity index (χ0) is 12.0. The molecule has 17 heavy (non-hydrogen) atoms. The summed E-state index contributed by atoms with van der Waals surface area (Å²) in [7, 11) is 0. The summed E-state index contributed by atoms with van der Waals surface area (Å²) < 4.78 is 0. The van der Waals surface area contributed by atoms with Crippen molar-refractivity contribution in [1.29, 1.82) is 0 Å². The van der Waals surface area contributed by atoms with Crippen molar-refractivity contribution >= 4 is 16.8 Å². The van der Waals surface area contributed by atoms with E-state index >= 15 is 0 Å². The van der Waals surface area contributed by atoms with Gasteiger partial charge in [0.25, 0.3) is 0 Å². The smallest absolute Gasteiger partial charge is 0.111 e. The Labute approximate surface area is 101 Å². The average molecular weight is 224 g/mol. The normalized spacial score (nSPS) is 22.4. The Morgan fingerprint density at radius 3 is 2.47 bits per heavy atom. The molecule has 0 aromatic heterocycles. The highest BCUT2D eigenvalue weighted by Gasteiger charge is 2.34. The quantitative estimate of drug-likeness (QED) is 0.783. The summed E-state index contributed by atoms with van der Waals surface area (Å²) in [6, 6.07) is 12.4. The van der Waals surface area contributed by atoms with E-state index in [1.165, 1.54) is 16.3 Å². The van der Waals surface area contributed by atoms with Gasteiger partial charge < -0.3 is 5.11 Å². The van der Waals surface area contributed by atoms with Crippen LogP contribution in [0.1, 0.15) is 25.0 Å². The lowest BCUT2D eigenvalue weighted by molar-refractivity contribution is 0.0417.